The van der Waals surface area contributed by atoms with E-state index in [4.69, 9.17) is 4.99 Å². The zero-order chi connectivity index (χ0) is 14.8. The van der Waals surface area contributed by atoms with Crippen molar-refractivity contribution in [3.63, 3.8) is 0 Å². The zero-order valence-corrected chi connectivity index (χ0v) is 12.8. The third kappa shape index (κ3) is 2.75. The van der Waals surface area contributed by atoms with Crippen LogP contribution in [0.3, 0.4) is 0 Å². The van der Waals surface area contributed by atoms with Crippen molar-refractivity contribution in [2.24, 2.45) is 4.99 Å². The number of allylic oxidation sites excluding steroid dienone is 2. The molecule has 0 aromatic heterocycles. The molecule has 0 unspecified atom stereocenters. The Labute approximate surface area is 126 Å². The van der Waals surface area contributed by atoms with Crippen LogP contribution in [0.5, 0.6) is 0 Å². The number of benzene rings is 2. The maximum atomic E-state index is 4.76. The molecule has 106 valence electrons. The molecular formula is C19H20N2. The summed E-state index contributed by atoms with van der Waals surface area (Å²) in [6, 6.07) is 19.1. The molecule has 2 heteroatoms. The first-order valence-corrected chi connectivity index (χ1v) is 7.25. The standard InChI is InChI=1S/C19H20N2/c1-14-18(15-9-11-17(12-10-15)21(2)3)13-19(20-14)16-7-5-4-6-8-16/h4-12H,13H2,1-3H3. The number of aliphatic imine (C=N–C) groups is 1. The van der Waals surface area contributed by atoms with Crippen LogP contribution in [0.25, 0.3) is 5.57 Å². The summed E-state index contributed by atoms with van der Waals surface area (Å²) >= 11 is 0. The predicted molar refractivity (Wildman–Crippen MR) is 91.0 cm³/mol. The van der Waals surface area contributed by atoms with Crippen molar-refractivity contribution in [3.05, 3.63) is 71.4 Å². The van der Waals surface area contributed by atoms with Gasteiger partial charge in [-0.25, -0.2) is 0 Å². The van der Waals surface area contributed by atoms with Gasteiger partial charge in [0.2, 0.25) is 0 Å². The summed E-state index contributed by atoms with van der Waals surface area (Å²) in [6.07, 6.45) is 0.914. The van der Waals surface area contributed by atoms with Crippen molar-refractivity contribution < 1.29 is 0 Å². The van der Waals surface area contributed by atoms with Gasteiger partial charge in [-0.3, -0.25) is 4.99 Å². The molecule has 1 aliphatic heterocycles. The quantitative estimate of drug-likeness (QED) is 0.812. The van der Waals surface area contributed by atoms with E-state index in [1.807, 2.05) is 6.07 Å². The lowest BCUT2D eigenvalue weighted by Gasteiger charge is -2.13. The largest absolute Gasteiger partial charge is 0.378 e. The van der Waals surface area contributed by atoms with Gasteiger partial charge in [-0.15, -0.1) is 0 Å². The average molecular weight is 276 g/mol. The van der Waals surface area contributed by atoms with Crippen LogP contribution in [0.2, 0.25) is 0 Å². The molecule has 0 saturated carbocycles. The summed E-state index contributed by atoms with van der Waals surface area (Å²) in [4.78, 5) is 6.88. The smallest absolute Gasteiger partial charge is 0.0523 e. The molecule has 0 amide bonds. The van der Waals surface area contributed by atoms with Crippen molar-refractivity contribution in [2.75, 3.05) is 19.0 Å². The molecular weight excluding hydrogens is 256 g/mol. The minimum Gasteiger partial charge on any atom is -0.378 e. The van der Waals surface area contributed by atoms with Gasteiger partial charge in [-0.1, -0.05) is 42.5 Å². The van der Waals surface area contributed by atoms with E-state index in [9.17, 15) is 0 Å². The highest BCUT2D eigenvalue weighted by atomic mass is 15.1. The van der Waals surface area contributed by atoms with Gasteiger partial charge in [0.1, 0.15) is 0 Å². The van der Waals surface area contributed by atoms with E-state index in [1.54, 1.807) is 0 Å². The van der Waals surface area contributed by atoms with Crippen molar-refractivity contribution in [3.8, 4) is 0 Å². The Kier molecular flexibility index (Phi) is 3.61. The molecule has 2 nitrogen and oxygen atoms in total. The lowest BCUT2D eigenvalue weighted by Crippen LogP contribution is -2.08. The first-order valence-electron chi connectivity index (χ1n) is 7.25. The number of rotatable bonds is 3. The minimum atomic E-state index is 0.914. The van der Waals surface area contributed by atoms with Gasteiger partial charge in [-0.05, 0) is 35.8 Å². The Morgan fingerprint density at radius 1 is 0.857 bits per heavy atom. The molecule has 0 N–H and O–H groups in total. The fourth-order valence-corrected chi connectivity index (χ4v) is 2.67. The van der Waals surface area contributed by atoms with Crippen molar-refractivity contribution in [1.29, 1.82) is 0 Å². The number of hydrogen-bond acceptors (Lipinski definition) is 2. The molecule has 0 bridgehead atoms. The Morgan fingerprint density at radius 2 is 1.52 bits per heavy atom. The molecule has 0 spiro atoms. The second kappa shape index (κ2) is 5.57. The first kappa shape index (κ1) is 13.6. The van der Waals surface area contributed by atoms with E-state index in [-0.39, 0.29) is 0 Å². The van der Waals surface area contributed by atoms with Gasteiger partial charge < -0.3 is 4.90 Å². The highest BCUT2D eigenvalue weighted by Gasteiger charge is 2.17. The molecule has 0 saturated heterocycles. The minimum absolute atomic E-state index is 0.914. The van der Waals surface area contributed by atoms with Gasteiger partial charge in [0.05, 0.1) is 5.71 Å². The molecule has 0 atom stereocenters. The van der Waals surface area contributed by atoms with Gasteiger partial charge in [-0.2, -0.15) is 0 Å². The molecule has 1 heterocycles. The molecule has 21 heavy (non-hydrogen) atoms. The topological polar surface area (TPSA) is 15.6 Å². The summed E-state index contributed by atoms with van der Waals surface area (Å²) in [7, 11) is 4.12. The van der Waals surface area contributed by atoms with Gasteiger partial charge in [0, 0.05) is 31.9 Å². The molecule has 3 rings (SSSR count). The number of nitrogens with zero attached hydrogens (tertiary/aromatic N) is 2. The van der Waals surface area contributed by atoms with E-state index < -0.39 is 0 Å². The van der Waals surface area contributed by atoms with Crippen molar-refractivity contribution in [1.82, 2.24) is 0 Å². The first-order chi connectivity index (χ1) is 10.1. The van der Waals surface area contributed by atoms with Crippen LogP contribution >= 0.6 is 0 Å². The summed E-state index contributed by atoms with van der Waals surface area (Å²) in [6.45, 7) is 2.10. The highest BCUT2D eigenvalue weighted by Crippen LogP contribution is 2.31. The highest BCUT2D eigenvalue weighted by molar-refractivity contribution is 6.09. The van der Waals surface area contributed by atoms with Crippen LogP contribution in [0.1, 0.15) is 24.5 Å². The lowest BCUT2D eigenvalue weighted by atomic mass is 9.98. The third-order valence-corrected chi connectivity index (χ3v) is 3.92. The fraction of sp³-hybridized carbons (Fsp3) is 0.211. The van der Waals surface area contributed by atoms with Crippen LogP contribution < -0.4 is 4.90 Å². The Balaban J connectivity index is 1.84. The van der Waals surface area contributed by atoms with Gasteiger partial charge in [0.25, 0.3) is 0 Å². The SMILES string of the molecule is CC1=C(c2ccc(N(C)C)cc2)CC(c2ccccc2)=N1. The summed E-state index contributed by atoms with van der Waals surface area (Å²) < 4.78 is 0. The van der Waals surface area contributed by atoms with Crippen LogP contribution in [0, 0.1) is 0 Å². The summed E-state index contributed by atoms with van der Waals surface area (Å²) in [5.74, 6) is 0. The average Bonchev–Trinajstić information content (AvgIpc) is 2.90. The molecule has 0 fully saturated rings. The molecule has 1 aliphatic rings. The number of anilines is 1. The van der Waals surface area contributed by atoms with E-state index in [0.29, 0.717) is 0 Å². The second-order valence-electron chi connectivity index (χ2n) is 5.61. The third-order valence-electron chi connectivity index (χ3n) is 3.92. The van der Waals surface area contributed by atoms with E-state index in [2.05, 4.69) is 74.4 Å². The number of hydrogen-bond donors (Lipinski definition) is 0. The fourth-order valence-electron chi connectivity index (χ4n) is 2.67. The maximum absolute atomic E-state index is 4.76. The monoisotopic (exact) mass is 276 g/mol. The Hall–Kier alpha value is -2.35. The molecule has 0 aliphatic carbocycles. The van der Waals surface area contributed by atoms with Gasteiger partial charge >= 0.3 is 0 Å². The van der Waals surface area contributed by atoms with Crippen LogP contribution in [0.15, 0.2) is 65.3 Å². The van der Waals surface area contributed by atoms with Crippen LogP contribution in [-0.2, 0) is 0 Å². The maximum Gasteiger partial charge on any atom is 0.0523 e. The molecule has 2 aromatic carbocycles. The zero-order valence-electron chi connectivity index (χ0n) is 12.8. The summed E-state index contributed by atoms with van der Waals surface area (Å²) in [5.41, 5.74) is 7.34. The van der Waals surface area contributed by atoms with Crippen LogP contribution in [0.4, 0.5) is 5.69 Å². The van der Waals surface area contributed by atoms with Crippen molar-refractivity contribution in [2.45, 2.75) is 13.3 Å². The molecule has 2 aromatic rings. The van der Waals surface area contributed by atoms with E-state index in [1.165, 1.54) is 28.1 Å². The summed E-state index contributed by atoms with van der Waals surface area (Å²) in [5, 5.41) is 0. The Bertz CT molecular complexity index is 692. The predicted octanol–water partition coefficient (Wildman–Crippen LogP) is 4.38. The normalized spacial score (nSPS) is 14.3. The lowest BCUT2D eigenvalue weighted by molar-refractivity contribution is 1.13. The van der Waals surface area contributed by atoms with E-state index >= 15 is 0 Å². The Morgan fingerprint density at radius 3 is 2.14 bits per heavy atom. The van der Waals surface area contributed by atoms with Crippen molar-refractivity contribution >= 4 is 17.0 Å². The second-order valence-corrected chi connectivity index (χ2v) is 5.61. The molecule has 0 radical (unpaired) electrons. The van der Waals surface area contributed by atoms with E-state index in [0.717, 1.165) is 12.1 Å². The van der Waals surface area contributed by atoms with Crippen LogP contribution in [-0.4, -0.2) is 19.8 Å². The van der Waals surface area contributed by atoms with Gasteiger partial charge in [0.15, 0.2) is 0 Å².